The number of hydrogen-bond acceptors (Lipinski definition) is 1. The van der Waals surface area contributed by atoms with Crippen LogP contribution in [0.4, 0.5) is 0 Å². The van der Waals surface area contributed by atoms with Crippen LogP contribution in [-0.4, -0.2) is 0 Å². The van der Waals surface area contributed by atoms with Crippen LogP contribution in [0.3, 0.4) is 0 Å². The highest BCUT2D eigenvalue weighted by atomic mass is 32.1. The number of thiophene rings is 1. The average molecular weight is 125 g/mol. The first-order valence-electron chi connectivity index (χ1n) is 2.73. The van der Waals surface area contributed by atoms with Gasteiger partial charge in [-0.25, -0.2) is 0 Å². The molecule has 1 heteroatoms. The van der Waals surface area contributed by atoms with Gasteiger partial charge in [0.25, 0.3) is 0 Å². The molecular formula is C7H9S. The van der Waals surface area contributed by atoms with E-state index in [-0.39, 0.29) is 0 Å². The normalized spacial score (nSPS) is 9.75. The largest absolute Gasteiger partial charge is 0.149 e. The van der Waals surface area contributed by atoms with Crippen LogP contribution < -0.4 is 0 Å². The maximum absolute atomic E-state index is 3.87. The van der Waals surface area contributed by atoms with E-state index in [1.807, 2.05) is 0 Å². The molecule has 0 fully saturated rings. The summed E-state index contributed by atoms with van der Waals surface area (Å²) in [5.41, 5.74) is 1.38. The zero-order chi connectivity index (χ0) is 5.98. The standard InChI is InChI=1S/C7H9S/c1-3-7-4-5-8-6(7)2/h4-5H,2-3H2,1H3. The minimum absolute atomic E-state index is 1.11. The maximum atomic E-state index is 3.87. The smallest absolute Gasteiger partial charge is 0.00807 e. The van der Waals surface area contributed by atoms with Crippen molar-refractivity contribution in [2.45, 2.75) is 13.3 Å². The van der Waals surface area contributed by atoms with Gasteiger partial charge in [-0.15, -0.1) is 11.3 Å². The van der Waals surface area contributed by atoms with Crippen LogP contribution in [0.5, 0.6) is 0 Å². The van der Waals surface area contributed by atoms with Crippen molar-refractivity contribution in [1.82, 2.24) is 0 Å². The van der Waals surface area contributed by atoms with Crippen LogP contribution in [0.1, 0.15) is 17.4 Å². The summed E-state index contributed by atoms with van der Waals surface area (Å²) in [6, 6.07) is 2.13. The van der Waals surface area contributed by atoms with E-state index in [1.165, 1.54) is 10.4 Å². The third-order valence-electron chi connectivity index (χ3n) is 1.22. The summed E-state index contributed by atoms with van der Waals surface area (Å²) in [5.74, 6) is 0. The Morgan fingerprint density at radius 1 is 1.75 bits per heavy atom. The molecule has 1 rings (SSSR count). The average Bonchev–Trinajstić information content (AvgIpc) is 2.14. The van der Waals surface area contributed by atoms with Gasteiger partial charge in [-0.1, -0.05) is 6.92 Å². The first-order valence-corrected chi connectivity index (χ1v) is 3.61. The Morgan fingerprint density at radius 3 is 2.75 bits per heavy atom. The SMILES string of the molecule is [CH2]c1sccc1CC. The summed E-state index contributed by atoms with van der Waals surface area (Å²) in [6.07, 6.45) is 1.11. The molecule has 0 saturated heterocycles. The first-order chi connectivity index (χ1) is 3.84. The van der Waals surface area contributed by atoms with E-state index in [0.29, 0.717) is 0 Å². The van der Waals surface area contributed by atoms with Crippen LogP contribution in [0.25, 0.3) is 0 Å². The molecule has 0 nitrogen and oxygen atoms in total. The van der Waals surface area contributed by atoms with E-state index < -0.39 is 0 Å². The van der Waals surface area contributed by atoms with Crippen molar-refractivity contribution in [2.24, 2.45) is 0 Å². The van der Waals surface area contributed by atoms with Crippen molar-refractivity contribution in [1.29, 1.82) is 0 Å². The quantitative estimate of drug-likeness (QED) is 0.541. The molecule has 1 aromatic rings. The first kappa shape index (κ1) is 5.83. The van der Waals surface area contributed by atoms with Gasteiger partial charge in [0.2, 0.25) is 0 Å². The number of hydrogen-bond donors (Lipinski definition) is 0. The molecule has 0 atom stereocenters. The molecule has 43 valence electrons. The van der Waals surface area contributed by atoms with Crippen molar-refractivity contribution >= 4 is 11.3 Å². The lowest BCUT2D eigenvalue weighted by Gasteiger charge is -1.87. The third kappa shape index (κ3) is 0.920. The van der Waals surface area contributed by atoms with E-state index in [1.54, 1.807) is 11.3 Å². The molecule has 0 N–H and O–H groups in total. The molecule has 0 aliphatic heterocycles. The fraction of sp³-hybridized carbons (Fsp3) is 0.286. The predicted octanol–water partition coefficient (Wildman–Crippen LogP) is 2.49. The molecule has 0 aromatic carbocycles. The van der Waals surface area contributed by atoms with Crippen LogP contribution in [0.2, 0.25) is 0 Å². The zero-order valence-electron chi connectivity index (χ0n) is 4.98. The van der Waals surface area contributed by atoms with Crippen LogP contribution in [0, 0.1) is 6.92 Å². The van der Waals surface area contributed by atoms with Gasteiger partial charge in [0.15, 0.2) is 0 Å². The van der Waals surface area contributed by atoms with E-state index in [9.17, 15) is 0 Å². The third-order valence-corrected chi connectivity index (χ3v) is 2.04. The Hall–Kier alpha value is -0.300. The van der Waals surface area contributed by atoms with E-state index in [0.717, 1.165) is 6.42 Å². The van der Waals surface area contributed by atoms with Crippen molar-refractivity contribution in [3.63, 3.8) is 0 Å². The second-order valence-corrected chi connectivity index (χ2v) is 2.72. The van der Waals surface area contributed by atoms with Gasteiger partial charge >= 0.3 is 0 Å². The summed E-state index contributed by atoms with van der Waals surface area (Å²) in [7, 11) is 0. The van der Waals surface area contributed by atoms with E-state index in [2.05, 4.69) is 25.3 Å². The Bertz CT molecular complexity index is 165. The van der Waals surface area contributed by atoms with Crippen molar-refractivity contribution in [3.05, 3.63) is 28.8 Å². The highest BCUT2D eigenvalue weighted by Gasteiger charge is 1.92. The van der Waals surface area contributed by atoms with Gasteiger partial charge in [0, 0.05) is 4.88 Å². The van der Waals surface area contributed by atoms with Crippen molar-refractivity contribution in [3.8, 4) is 0 Å². The second-order valence-electron chi connectivity index (χ2n) is 1.72. The maximum Gasteiger partial charge on any atom is 0.00807 e. The molecule has 0 saturated carbocycles. The fourth-order valence-electron chi connectivity index (χ4n) is 0.682. The molecule has 8 heavy (non-hydrogen) atoms. The van der Waals surface area contributed by atoms with Gasteiger partial charge in [0.05, 0.1) is 0 Å². The van der Waals surface area contributed by atoms with Crippen LogP contribution in [-0.2, 0) is 6.42 Å². The van der Waals surface area contributed by atoms with E-state index >= 15 is 0 Å². The molecule has 0 aliphatic rings. The molecule has 0 unspecified atom stereocenters. The minimum atomic E-state index is 1.11. The lowest BCUT2D eigenvalue weighted by Crippen LogP contribution is -1.74. The van der Waals surface area contributed by atoms with Gasteiger partial charge in [0.1, 0.15) is 0 Å². The minimum Gasteiger partial charge on any atom is -0.149 e. The Labute approximate surface area is 54.2 Å². The van der Waals surface area contributed by atoms with Crippen LogP contribution in [0.15, 0.2) is 11.4 Å². The number of rotatable bonds is 1. The topological polar surface area (TPSA) is 0 Å². The second kappa shape index (κ2) is 2.31. The summed E-state index contributed by atoms with van der Waals surface area (Å²) in [6.45, 7) is 6.02. The van der Waals surface area contributed by atoms with Gasteiger partial charge in [-0.05, 0) is 30.4 Å². The monoisotopic (exact) mass is 125 g/mol. The summed E-state index contributed by atoms with van der Waals surface area (Å²) >= 11 is 1.72. The molecule has 0 amide bonds. The lowest BCUT2D eigenvalue weighted by atomic mass is 10.2. The molecular weight excluding hydrogens is 116 g/mol. The van der Waals surface area contributed by atoms with Gasteiger partial charge in [-0.2, -0.15) is 0 Å². The Kier molecular flexibility index (Phi) is 1.69. The molecule has 1 radical (unpaired) electrons. The zero-order valence-corrected chi connectivity index (χ0v) is 5.79. The van der Waals surface area contributed by atoms with Gasteiger partial charge < -0.3 is 0 Å². The highest BCUT2D eigenvalue weighted by molar-refractivity contribution is 7.10. The highest BCUT2D eigenvalue weighted by Crippen LogP contribution is 2.14. The lowest BCUT2D eigenvalue weighted by molar-refractivity contribution is 1.15. The Balaban J connectivity index is 2.92. The van der Waals surface area contributed by atoms with Gasteiger partial charge in [-0.3, -0.25) is 0 Å². The molecule has 1 heterocycles. The van der Waals surface area contributed by atoms with E-state index in [4.69, 9.17) is 0 Å². The van der Waals surface area contributed by atoms with Crippen LogP contribution >= 0.6 is 11.3 Å². The summed E-state index contributed by atoms with van der Waals surface area (Å²) < 4.78 is 0. The fourth-order valence-corrected chi connectivity index (χ4v) is 1.44. The Morgan fingerprint density at radius 2 is 2.50 bits per heavy atom. The summed E-state index contributed by atoms with van der Waals surface area (Å²) in [4.78, 5) is 1.22. The van der Waals surface area contributed by atoms with Crippen molar-refractivity contribution in [2.75, 3.05) is 0 Å². The molecule has 0 aliphatic carbocycles. The molecule has 0 spiro atoms. The predicted molar refractivity (Wildman–Crippen MR) is 38.2 cm³/mol. The molecule has 1 aromatic heterocycles. The van der Waals surface area contributed by atoms with Crippen molar-refractivity contribution < 1.29 is 0 Å². The summed E-state index contributed by atoms with van der Waals surface area (Å²) in [5, 5.41) is 2.08. The number of aryl methyl sites for hydroxylation is 1. The molecule has 0 bridgehead atoms.